The van der Waals surface area contributed by atoms with E-state index in [2.05, 4.69) is 176 Å². The van der Waals surface area contributed by atoms with Crippen LogP contribution in [0.15, 0.2) is 182 Å². The van der Waals surface area contributed by atoms with Crippen LogP contribution in [0.2, 0.25) is 0 Å². The molecule has 256 valence electrons. The Labute approximate surface area is 315 Å². The molecule has 0 fully saturated rings. The lowest BCUT2D eigenvalue weighted by Gasteiger charge is -2.45. The summed E-state index contributed by atoms with van der Waals surface area (Å²) in [5.41, 5.74) is 16.4. The molecule has 0 radical (unpaired) electrons. The average Bonchev–Trinajstić information content (AvgIpc) is 3.54. The highest BCUT2D eigenvalue weighted by Gasteiger charge is 2.53. The normalized spacial score (nSPS) is 17.4. The van der Waals surface area contributed by atoms with Gasteiger partial charge in [-0.05, 0) is 86.7 Å². The Morgan fingerprint density at radius 2 is 1.22 bits per heavy atom. The summed E-state index contributed by atoms with van der Waals surface area (Å²) in [4.78, 5) is 10.4. The van der Waals surface area contributed by atoms with Crippen LogP contribution in [-0.2, 0) is 5.41 Å². The Kier molecular flexibility index (Phi) is 7.03. The van der Waals surface area contributed by atoms with E-state index in [1.807, 2.05) is 0 Å². The maximum absolute atomic E-state index is 6.94. The summed E-state index contributed by atoms with van der Waals surface area (Å²) in [7, 11) is 0. The second-order valence-corrected chi connectivity index (χ2v) is 14.7. The smallest absolute Gasteiger partial charge is 0.160 e. The summed E-state index contributed by atoms with van der Waals surface area (Å²) in [5.74, 6) is 1.68. The van der Waals surface area contributed by atoms with Crippen molar-refractivity contribution in [3.63, 3.8) is 0 Å². The quantitative estimate of drug-likeness (QED) is 0.184. The molecule has 1 aromatic heterocycles. The Hall–Kier alpha value is -6.58. The number of aromatic nitrogens is 2. The summed E-state index contributed by atoms with van der Waals surface area (Å²) in [5, 5.41) is 1.09. The van der Waals surface area contributed by atoms with E-state index in [1.165, 1.54) is 50.1 Å². The van der Waals surface area contributed by atoms with Crippen LogP contribution in [0.25, 0.3) is 55.7 Å². The van der Waals surface area contributed by atoms with Crippen molar-refractivity contribution in [2.24, 2.45) is 0 Å². The van der Waals surface area contributed by atoms with E-state index in [0.717, 1.165) is 64.1 Å². The van der Waals surface area contributed by atoms with Gasteiger partial charge >= 0.3 is 0 Å². The third-order valence-electron chi connectivity index (χ3n) is 11.8. The van der Waals surface area contributed by atoms with E-state index in [-0.39, 0.29) is 6.10 Å². The molecule has 1 aliphatic heterocycles. The minimum absolute atomic E-state index is 0.0413. The van der Waals surface area contributed by atoms with Crippen LogP contribution in [0.3, 0.4) is 0 Å². The Bertz CT molecular complexity index is 2740. The number of hydrogen-bond donors (Lipinski definition) is 0. The van der Waals surface area contributed by atoms with Crippen LogP contribution in [0.1, 0.15) is 47.2 Å². The molecular formula is C51H36N2O. The molecule has 0 bridgehead atoms. The number of benzene rings is 6. The summed E-state index contributed by atoms with van der Waals surface area (Å²) in [6, 6.07) is 52.4. The fraction of sp³-hybridized carbons (Fsp3) is 0.0980. The predicted molar refractivity (Wildman–Crippen MR) is 220 cm³/mol. The van der Waals surface area contributed by atoms with E-state index in [9.17, 15) is 0 Å². The first kappa shape index (κ1) is 31.0. The summed E-state index contributed by atoms with van der Waals surface area (Å²) in [6.45, 7) is 0. The van der Waals surface area contributed by atoms with E-state index in [1.54, 1.807) is 0 Å². The zero-order valence-electron chi connectivity index (χ0n) is 29.7. The van der Waals surface area contributed by atoms with Crippen molar-refractivity contribution in [2.75, 3.05) is 0 Å². The van der Waals surface area contributed by atoms with E-state index >= 15 is 0 Å². The van der Waals surface area contributed by atoms with Crippen LogP contribution in [0.5, 0.6) is 5.75 Å². The third kappa shape index (κ3) is 4.68. The topological polar surface area (TPSA) is 35.0 Å². The first-order valence-corrected chi connectivity index (χ1v) is 19.0. The van der Waals surface area contributed by atoms with Crippen molar-refractivity contribution in [1.82, 2.24) is 9.97 Å². The van der Waals surface area contributed by atoms with E-state index in [4.69, 9.17) is 14.7 Å². The summed E-state index contributed by atoms with van der Waals surface area (Å²) < 4.78 is 6.94. The fourth-order valence-corrected chi connectivity index (χ4v) is 9.36. The van der Waals surface area contributed by atoms with Gasteiger partial charge in [-0.25, -0.2) is 9.97 Å². The molecule has 0 amide bonds. The van der Waals surface area contributed by atoms with Crippen molar-refractivity contribution in [2.45, 2.75) is 30.8 Å². The van der Waals surface area contributed by atoms with Crippen molar-refractivity contribution >= 4 is 22.0 Å². The van der Waals surface area contributed by atoms with Crippen LogP contribution >= 0.6 is 0 Å². The van der Waals surface area contributed by atoms with Crippen LogP contribution in [0.4, 0.5) is 0 Å². The van der Waals surface area contributed by atoms with Crippen LogP contribution in [0, 0.1) is 0 Å². The van der Waals surface area contributed by atoms with Gasteiger partial charge in [0.15, 0.2) is 5.82 Å². The first-order valence-electron chi connectivity index (χ1n) is 19.0. The van der Waals surface area contributed by atoms with Gasteiger partial charge < -0.3 is 4.74 Å². The Morgan fingerprint density at radius 3 is 2.04 bits per heavy atom. The second-order valence-electron chi connectivity index (χ2n) is 14.7. The first-order chi connectivity index (χ1) is 26.8. The highest BCUT2D eigenvalue weighted by atomic mass is 16.5. The number of allylic oxidation sites excluding steroid dienone is 6. The molecule has 1 unspecified atom stereocenters. The van der Waals surface area contributed by atoms with Gasteiger partial charge in [-0.3, -0.25) is 0 Å². The molecule has 3 heteroatoms. The Balaban J connectivity index is 1.02. The molecular weight excluding hydrogens is 657 g/mol. The van der Waals surface area contributed by atoms with Gasteiger partial charge in [0, 0.05) is 22.9 Å². The maximum Gasteiger partial charge on any atom is 0.160 e. The SMILES string of the molecule is C1=CCC2Oc3cc(-c4cccc(-c5nc(C6=CC=C(c7ccccc7)CC6)c6ccccc6n5)c4)ccc3C3(C2=C1)c1ccccc1-c1ccccc13. The number of nitrogens with zero attached hydrogens (tertiary/aromatic N) is 2. The van der Waals surface area contributed by atoms with Gasteiger partial charge in [-0.1, -0.05) is 158 Å². The molecule has 0 N–H and O–H groups in total. The molecule has 3 nitrogen and oxygen atoms in total. The van der Waals surface area contributed by atoms with E-state index < -0.39 is 5.41 Å². The number of hydrogen-bond acceptors (Lipinski definition) is 3. The Morgan fingerprint density at radius 1 is 0.537 bits per heavy atom. The molecule has 0 saturated heterocycles. The van der Waals surface area contributed by atoms with Gasteiger partial charge in [0.05, 0.1) is 16.6 Å². The average molecular weight is 693 g/mol. The molecule has 7 aromatic rings. The number of para-hydroxylation sites is 1. The molecule has 4 aliphatic rings. The molecule has 1 spiro atoms. The molecule has 11 rings (SSSR count). The van der Waals surface area contributed by atoms with Gasteiger partial charge in [0.1, 0.15) is 11.9 Å². The summed E-state index contributed by atoms with van der Waals surface area (Å²) >= 11 is 0. The monoisotopic (exact) mass is 692 g/mol. The van der Waals surface area contributed by atoms with E-state index in [0.29, 0.717) is 0 Å². The van der Waals surface area contributed by atoms with Gasteiger partial charge in [-0.2, -0.15) is 0 Å². The van der Waals surface area contributed by atoms with Crippen LogP contribution in [-0.4, -0.2) is 16.1 Å². The predicted octanol–water partition coefficient (Wildman–Crippen LogP) is 12.2. The highest BCUT2D eigenvalue weighted by molar-refractivity contribution is 5.93. The molecule has 54 heavy (non-hydrogen) atoms. The van der Waals surface area contributed by atoms with Gasteiger partial charge in [0.25, 0.3) is 0 Å². The van der Waals surface area contributed by atoms with Crippen molar-refractivity contribution < 1.29 is 4.74 Å². The lowest BCUT2D eigenvalue weighted by atomic mass is 9.63. The second kappa shape index (κ2) is 12.2. The largest absolute Gasteiger partial charge is 0.485 e. The van der Waals surface area contributed by atoms with Gasteiger partial charge in [0.2, 0.25) is 0 Å². The highest BCUT2D eigenvalue weighted by Crippen LogP contribution is 2.61. The van der Waals surface area contributed by atoms with Crippen LogP contribution < -0.4 is 4.74 Å². The van der Waals surface area contributed by atoms with Crippen molar-refractivity contribution in [1.29, 1.82) is 0 Å². The van der Waals surface area contributed by atoms with Crippen molar-refractivity contribution in [3.05, 3.63) is 209 Å². The zero-order valence-corrected chi connectivity index (χ0v) is 29.7. The minimum atomic E-state index is -0.406. The lowest BCUT2D eigenvalue weighted by molar-refractivity contribution is 0.205. The van der Waals surface area contributed by atoms with Gasteiger partial charge in [-0.15, -0.1) is 0 Å². The third-order valence-corrected chi connectivity index (χ3v) is 11.8. The summed E-state index contributed by atoms with van der Waals surface area (Å²) in [6.07, 6.45) is 14.0. The number of fused-ring (bicyclic) bond motifs is 10. The fourth-order valence-electron chi connectivity index (χ4n) is 9.36. The zero-order chi connectivity index (χ0) is 35.6. The maximum atomic E-state index is 6.94. The standard InChI is InChI=1S/C51H36N2O/c1-2-13-33(14-3-1)34-25-27-35(28-26-34)49-41-19-6-10-23-46(41)52-50(53-49)38-16-12-15-36(31-38)37-29-30-45-48(32-37)54-47-24-11-9-22-44(47)51(45)42-20-7-4-17-39(42)40-18-5-8-21-43(40)51/h1-23,25,27,29-32,47H,24,26,28H2. The lowest BCUT2D eigenvalue weighted by Crippen LogP contribution is -2.42. The molecule has 6 aromatic carbocycles. The number of rotatable bonds is 4. The van der Waals surface area contributed by atoms with Crippen molar-refractivity contribution in [3.8, 4) is 39.4 Å². The molecule has 2 heterocycles. The number of ether oxygens (including phenoxy) is 1. The molecule has 1 atom stereocenters. The molecule has 3 aliphatic carbocycles. The minimum Gasteiger partial charge on any atom is -0.485 e. The molecule has 0 saturated carbocycles.